The van der Waals surface area contributed by atoms with Crippen LogP contribution in [0.2, 0.25) is 0 Å². The van der Waals surface area contributed by atoms with Crippen LogP contribution < -0.4 is 14.5 Å². The van der Waals surface area contributed by atoms with Gasteiger partial charge in [0.15, 0.2) is 0 Å². The van der Waals surface area contributed by atoms with E-state index in [1.54, 1.807) is 4.90 Å². The van der Waals surface area contributed by atoms with Crippen LogP contribution in [0.15, 0.2) is 49.1 Å². The van der Waals surface area contributed by atoms with Gasteiger partial charge in [0.1, 0.15) is 12.4 Å². The zero-order chi connectivity index (χ0) is 27.8. The van der Waals surface area contributed by atoms with E-state index < -0.39 is 0 Å². The van der Waals surface area contributed by atoms with Crippen LogP contribution in [0, 0.1) is 6.92 Å². The largest absolute Gasteiger partial charge is 0.462 e. The molecule has 3 aromatic rings. The SMILES string of the molecule is C=CC(=O)N(C)C1CCN(c2nc(OC[C@@H]3CCCN3C)nc3c2CCN(c2cccc4cccc(C)c24)C3)C1. The number of amides is 1. The van der Waals surface area contributed by atoms with Crippen molar-refractivity contribution in [1.29, 1.82) is 0 Å². The smallest absolute Gasteiger partial charge is 0.318 e. The normalized spacial score (nSPS) is 21.1. The molecule has 2 fully saturated rings. The van der Waals surface area contributed by atoms with Gasteiger partial charge >= 0.3 is 6.01 Å². The molecule has 1 aromatic heterocycles. The van der Waals surface area contributed by atoms with Crippen LogP contribution in [0.5, 0.6) is 6.01 Å². The Morgan fingerprint density at radius 2 is 1.95 bits per heavy atom. The molecule has 0 saturated carbocycles. The number of likely N-dealkylation sites (tertiary alicyclic amines) is 1. The fourth-order valence-corrected chi connectivity index (χ4v) is 6.62. The summed E-state index contributed by atoms with van der Waals surface area (Å²) in [6.45, 7) is 10.8. The van der Waals surface area contributed by atoms with E-state index >= 15 is 0 Å². The first kappa shape index (κ1) is 26.6. The molecule has 1 unspecified atom stereocenters. The number of benzene rings is 2. The summed E-state index contributed by atoms with van der Waals surface area (Å²) in [5, 5.41) is 2.57. The second-order valence-corrected chi connectivity index (χ2v) is 11.5. The summed E-state index contributed by atoms with van der Waals surface area (Å²) in [5.41, 5.74) is 4.78. The summed E-state index contributed by atoms with van der Waals surface area (Å²) < 4.78 is 6.30. The molecule has 2 saturated heterocycles. The molecule has 1 amide bonds. The Kier molecular flexibility index (Phi) is 7.36. The molecule has 2 atom stereocenters. The number of fused-ring (bicyclic) bond motifs is 2. The van der Waals surface area contributed by atoms with Crippen molar-refractivity contribution in [3.63, 3.8) is 0 Å². The molecule has 3 aliphatic heterocycles. The molecule has 0 radical (unpaired) electrons. The second kappa shape index (κ2) is 11.1. The number of rotatable bonds is 7. The molecule has 2 aromatic carbocycles. The van der Waals surface area contributed by atoms with Gasteiger partial charge in [-0.2, -0.15) is 9.97 Å². The van der Waals surface area contributed by atoms with E-state index in [2.05, 4.69) is 71.6 Å². The summed E-state index contributed by atoms with van der Waals surface area (Å²) in [6, 6.07) is 14.1. The standard InChI is InChI=1S/C32H40N6O2/c1-5-29(39)36(4)24-14-17-38(19-24)31-26-15-18-37(28-13-7-11-23-10-6-9-22(2)30(23)28)20-27(26)33-32(34-31)40-21-25-12-8-16-35(25)3/h5-7,9-11,13,24-25H,1,8,12,14-21H2,2-4H3/t24?,25-/m0/s1. The lowest BCUT2D eigenvalue weighted by molar-refractivity contribution is -0.126. The summed E-state index contributed by atoms with van der Waals surface area (Å²) >= 11 is 0. The summed E-state index contributed by atoms with van der Waals surface area (Å²) in [5.74, 6) is 0.928. The highest BCUT2D eigenvalue weighted by Gasteiger charge is 2.33. The minimum Gasteiger partial charge on any atom is -0.462 e. The van der Waals surface area contributed by atoms with Gasteiger partial charge < -0.3 is 24.3 Å². The molecular formula is C32H40N6O2. The zero-order valence-electron chi connectivity index (χ0n) is 24.0. The number of hydrogen-bond donors (Lipinski definition) is 0. The van der Waals surface area contributed by atoms with Gasteiger partial charge in [0.25, 0.3) is 0 Å². The van der Waals surface area contributed by atoms with Gasteiger partial charge in [-0.3, -0.25) is 4.79 Å². The van der Waals surface area contributed by atoms with Gasteiger partial charge in [-0.1, -0.05) is 36.9 Å². The molecule has 0 aliphatic carbocycles. The van der Waals surface area contributed by atoms with Crippen LogP contribution in [-0.4, -0.2) is 84.6 Å². The zero-order valence-corrected chi connectivity index (χ0v) is 24.0. The first-order valence-electron chi connectivity index (χ1n) is 14.5. The van der Waals surface area contributed by atoms with Crippen LogP contribution >= 0.6 is 0 Å². The number of carbonyl (C=O) groups excluding carboxylic acids is 1. The van der Waals surface area contributed by atoms with Gasteiger partial charge in [-0.15, -0.1) is 0 Å². The maximum Gasteiger partial charge on any atom is 0.318 e. The fourth-order valence-electron chi connectivity index (χ4n) is 6.62. The van der Waals surface area contributed by atoms with Gasteiger partial charge in [0.2, 0.25) is 5.91 Å². The highest BCUT2D eigenvalue weighted by Crippen LogP contribution is 2.36. The average Bonchev–Trinajstić information content (AvgIpc) is 3.63. The molecule has 6 rings (SSSR count). The van der Waals surface area contributed by atoms with Crippen LogP contribution in [0.1, 0.15) is 36.1 Å². The van der Waals surface area contributed by atoms with E-state index in [1.807, 2.05) is 7.05 Å². The average molecular weight is 541 g/mol. The van der Waals surface area contributed by atoms with Gasteiger partial charge in [0, 0.05) is 49.4 Å². The lowest BCUT2D eigenvalue weighted by Crippen LogP contribution is -2.39. The number of ether oxygens (including phenoxy) is 1. The molecular weight excluding hydrogens is 500 g/mol. The molecule has 8 heteroatoms. The van der Waals surface area contributed by atoms with Crippen molar-refractivity contribution in [3.8, 4) is 6.01 Å². The second-order valence-electron chi connectivity index (χ2n) is 11.5. The molecule has 0 bridgehead atoms. The number of anilines is 2. The molecule has 40 heavy (non-hydrogen) atoms. The number of aryl methyl sites for hydroxylation is 1. The topological polar surface area (TPSA) is 65.0 Å². The third kappa shape index (κ3) is 5.01. The van der Waals surface area contributed by atoms with E-state index in [9.17, 15) is 4.79 Å². The van der Waals surface area contributed by atoms with E-state index in [0.717, 1.165) is 57.0 Å². The van der Waals surface area contributed by atoms with Crippen molar-refractivity contribution < 1.29 is 9.53 Å². The first-order valence-corrected chi connectivity index (χ1v) is 14.5. The molecule has 4 heterocycles. The van der Waals surface area contributed by atoms with E-state index in [1.165, 1.54) is 40.1 Å². The Hall–Kier alpha value is -3.65. The Balaban J connectivity index is 1.32. The summed E-state index contributed by atoms with van der Waals surface area (Å²) in [6.07, 6.45) is 5.50. The van der Waals surface area contributed by atoms with Crippen LogP contribution in [0.25, 0.3) is 10.8 Å². The third-order valence-electron chi connectivity index (χ3n) is 9.06. The Bertz CT molecular complexity index is 1420. The maximum atomic E-state index is 12.3. The number of carbonyl (C=O) groups is 1. The third-order valence-corrected chi connectivity index (χ3v) is 9.06. The van der Waals surface area contributed by atoms with E-state index in [-0.39, 0.29) is 11.9 Å². The Labute approximate surface area is 237 Å². The van der Waals surface area contributed by atoms with Crippen LogP contribution in [0.3, 0.4) is 0 Å². The summed E-state index contributed by atoms with van der Waals surface area (Å²) in [4.78, 5) is 31.2. The molecule has 210 valence electrons. The van der Waals surface area contributed by atoms with E-state index in [4.69, 9.17) is 14.7 Å². The minimum absolute atomic E-state index is 0.0395. The number of nitrogens with zero attached hydrogens (tertiary/aromatic N) is 6. The van der Waals surface area contributed by atoms with Gasteiger partial charge in [0.05, 0.1) is 18.3 Å². The number of hydrogen-bond acceptors (Lipinski definition) is 7. The highest BCUT2D eigenvalue weighted by atomic mass is 16.5. The van der Waals surface area contributed by atoms with Crippen molar-refractivity contribution in [2.24, 2.45) is 0 Å². The molecule has 0 spiro atoms. The number of likely N-dealkylation sites (N-methyl/N-ethyl adjacent to an activating group) is 2. The first-order chi connectivity index (χ1) is 19.4. The van der Waals surface area contributed by atoms with Gasteiger partial charge in [-0.25, -0.2) is 0 Å². The van der Waals surface area contributed by atoms with Crippen LogP contribution in [-0.2, 0) is 17.8 Å². The van der Waals surface area contributed by atoms with Gasteiger partial charge in [-0.05, 0) is 69.3 Å². The van der Waals surface area contributed by atoms with Crippen molar-refractivity contribution >= 4 is 28.2 Å². The lowest BCUT2D eigenvalue weighted by Gasteiger charge is -2.34. The molecule has 0 N–H and O–H groups in total. The van der Waals surface area contributed by atoms with Crippen LogP contribution in [0.4, 0.5) is 11.5 Å². The molecule has 3 aliphatic rings. The van der Waals surface area contributed by atoms with Crippen molar-refractivity contribution in [1.82, 2.24) is 19.8 Å². The number of aromatic nitrogens is 2. The highest BCUT2D eigenvalue weighted by molar-refractivity contribution is 5.97. The van der Waals surface area contributed by atoms with Crippen molar-refractivity contribution in [2.45, 2.75) is 51.2 Å². The Morgan fingerprint density at radius 1 is 1.12 bits per heavy atom. The lowest BCUT2D eigenvalue weighted by atomic mass is 10.00. The molecule has 8 nitrogen and oxygen atoms in total. The minimum atomic E-state index is -0.0395. The van der Waals surface area contributed by atoms with E-state index in [0.29, 0.717) is 25.2 Å². The Morgan fingerprint density at radius 3 is 2.73 bits per heavy atom. The maximum absolute atomic E-state index is 12.3. The monoisotopic (exact) mass is 540 g/mol. The predicted octanol–water partition coefficient (Wildman–Crippen LogP) is 4.20. The fraction of sp³-hybridized carbons (Fsp3) is 0.469. The summed E-state index contributed by atoms with van der Waals surface area (Å²) in [7, 11) is 4.03. The quantitative estimate of drug-likeness (QED) is 0.416. The van der Waals surface area contributed by atoms with Crippen molar-refractivity contribution in [3.05, 3.63) is 65.9 Å². The van der Waals surface area contributed by atoms with Crippen molar-refractivity contribution in [2.75, 3.05) is 56.7 Å². The predicted molar refractivity (Wildman–Crippen MR) is 160 cm³/mol.